The van der Waals surface area contributed by atoms with Gasteiger partial charge in [-0.3, -0.25) is 4.79 Å². The van der Waals surface area contributed by atoms with Crippen LogP contribution in [0.1, 0.15) is 36.8 Å². The Hall–Kier alpha value is -2.50. The van der Waals surface area contributed by atoms with Gasteiger partial charge in [-0.1, -0.05) is 30.3 Å². The molecule has 0 bridgehead atoms. The standard InChI is InChI=1S/C21H21F3N2O/c22-21(23,24)16-8-9-18(26-12-4-5-13-26)17(14-16)25-19(27)20(10-11-20)15-6-2-1-3-7-15/h1-3,6-9,14H,4-5,10-13H2,(H,25,27). The Bertz CT molecular complexity index is 838. The molecule has 1 aliphatic heterocycles. The van der Waals surface area contributed by atoms with Crippen LogP contribution in [0.5, 0.6) is 0 Å². The molecule has 142 valence electrons. The summed E-state index contributed by atoms with van der Waals surface area (Å²) in [5.74, 6) is -0.228. The molecule has 0 aromatic heterocycles. The molecule has 1 aliphatic carbocycles. The molecule has 1 N–H and O–H groups in total. The van der Waals surface area contributed by atoms with Gasteiger partial charge >= 0.3 is 6.18 Å². The van der Waals surface area contributed by atoms with Gasteiger partial charge in [0.2, 0.25) is 5.91 Å². The molecule has 4 rings (SSSR count). The first-order valence-electron chi connectivity index (χ1n) is 9.23. The average molecular weight is 374 g/mol. The SMILES string of the molecule is O=C(Nc1cc(C(F)(F)F)ccc1N1CCCC1)C1(c2ccccc2)CC1. The van der Waals surface area contributed by atoms with E-state index in [0.717, 1.165) is 43.6 Å². The van der Waals surface area contributed by atoms with Crippen molar-refractivity contribution in [2.24, 2.45) is 0 Å². The van der Waals surface area contributed by atoms with Crippen LogP contribution in [-0.2, 0) is 16.4 Å². The van der Waals surface area contributed by atoms with Crippen LogP contribution < -0.4 is 10.2 Å². The predicted octanol–water partition coefficient (Wildman–Crippen LogP) is 4.98. The molecular formula is C21H21F3N2O. The van der Waals surface area contributed by atoms with Crippen molar-refractivity contribution in [3.63, 3.8) is 0 Å². The molecule has 0 atom stereocenters. The first-order valence-corrected chi connectivity index (χ1v) is 9.23. The van der Waals surface area contributed by atoms with Crippen LogP contribution in [0.2, 0.25) is 0 Å². The largest absolute Gasteiger partial charge is 0.416 e. The van der Waals surface area contributed by atoms with Crippen LogP contribution in [0.3, 0.4) is 0 Å². The molecule has 2 aromatic rings. The highest BCUT2D eigenvalue weighted by Gasteiger charge is 2.51. The quantitative estimate of drug-likeness (QED) is 0.819. The van der Waals surface area contributed by atoms with Crippen LogP contribution >= 0.6 is 0 Å². The van der Waals surface area contributed by atoms with E-state index in [-0.39, 0.29) is 11.6 Å². The third kappa shape index (κ3) is 3.40. The topological polar surface area (TPSA) is 32.3 Å². The van der Waals surface area contributed by atoms with Gasteiger partial charge in [-0.25, -0.2) is 0 Å². The predicted molar refractivity (Wildman–Crippen MR) is 98.9 cm³/mol. The summed E-state index contributed by atoms with van der Waals surface area (Å²) in [4.78, 5) is 15.1. The minimum atomic E-state index is -4.44. The van der Waals surface area contributed by atoms with Gasteiger partial charge in [0.25, 0.3) is 0 Å². The smallest absolute Gasteiger partial charge is 0.370 e. The Labute approximate surface area is 156 Å². The van der Waals surface area contributed by atoms with Crippen LogP contribution in [0.15, 0.2) is 48.5 Å². The number of carbonyl (C=O) groups excluding carboxylic acids is 1. The maximum absolute atomic E-state index is 13.2. The number of rotatable bonds is 4. The Balaban J connectivity index is 1.66. The Morgan fingerprint density at radius 2 is 1.67 bits per heavy atom. The number of hydrogen-bond donors (Lipinski definition) is 1. The lowest BCUT2D eigenvalue weighted by Crippen LogP contribution is -2.29. The third-order valence-electron chi connectivity index (χ3n) is 5.53. The molecule has 0 unspecified atom stereocenters. The van der Waals surface area contributed by atoms with E-state index in [1.807, 2.05) is 35.2 Å². The van der Waals surface area contributed by atoms with Gasteiger partial charge in [0.1, 0.15) is 0 Å². The zero-order valence-corrected chi connectivity index (χ0v) is 14.9. The molecule has 1 heterocycles. The van der Waals surface area contributed by atoms with Crippen molar-refractivity contribution in [2.75, 3.05) is 23.3 Å². The molecule has 1 saturated heterocycles. The molecule has 2 aromatic carbocycles. The fourth-order valence-electron chi connectivity index (χ4n) is 3.82. The summed E-state index contributed by atoms with van der Waals surface area (Å²) >= 11 is 0. The fourth-order valence-corrected chi connectivity index (χ4v) is 3.82. The van der Waals surface area contributed by atoms with Crippen molar-refractivity contribution in [1.82, 2.24) is 0 Å². The summed E-state index contributed by atoms with van der Waals surface area (Å²) in [5, 5.41) is 2.82. The normalized spacial score (nSPS) is 18.4. The van der Waals surface area contributed by atoms with E-state index in [1.165, 1.54) is 6.07 Å². The first kappa shape index (κ1) is 17.9. The number of halogens is 3. The van der Waals surface area contributed by atoms with Gasteiger partial charge < -0.3 is 10.2 Å². The molecule has 2 fully saturated rings. The molecule has 2 aliphatic rings. The number of alkyl halides is 3. The summed E-state index contributed by atoms with van der Waals surface area (Å²) < 4.78 is 39.6. The van der Waals surface area contributed by atoms with E-state index in [1.54, 1.807) is 0 Å². The minimum absolute atomic E-state index is 0.228. The highest BCUT2D eigenvalue weighted by Crippen LogP contribution is 2.49. The van der Waals surface area contributed by atoms with E-state index in [9.17, 15) is 18.0 Å². The van der Waals surface area contributed by atoms with E-state index >= 15 is 0 Å². The lowest BCUT2D eigenvalue weighted by Gasteiger charge is -2.24. The van der Waals surface area contributed by atoms with Crippen molar-refractivity contribution >= 4 is 17.3 Å². The highest BCUT2D eigenvalue weighted by molar-refractivity contribution is 6.03. The van der Waals surface area contributed by atoms with Gasteiger partial charge in [0.15, 0.2) is 0 Å². The monoisotopic (exact) mass is 374 g/mol. The zero-order chi connectivity index (χ0) is 19.1. The van der Waals surface area contributed by atoms with Gasteiger partial charge in [0.05, 0.1) is 22.4 Å². The van der Waals surface area contributed by atoms with Crippen LogP contribution in [0.25, 0.3) is 0 Å². The number of hydrogen-bond acceptors (Lipinski definition) is 2. The second-order valence-electron chi connectivity index (χ2n) is 7.33. The third-order valence-corrected chi connectivity index (χ3v) is 5.53. The molecule has 27 heavy (non-hydrogen) atoms. The number of nitrogens with one attached hydrogen (secondary N) is 1. The molecule has 0 spiro atoms. The number of benzene rings is 2. The number of amides is 1. The number of anilines is 2. The lowest BCUT2D eigenvalue weighted by atomic mass is 9.95. The van der Waals surface area contributed by atoms with E-state index in [2.05, 4.69) is 5.32 Å². The van der Waals surface area contributed by atoms with Crippen LogP contribution in [0, 0.1) is 0 Å². The van der Waals surface area contributed by atoms with Crippen molar-refractivity contribution < 1.29 is 18.0 Å². The second-order valence-corrected chi connectivity index (χ2v) is 7.33. The maximum Gasteiger partial charge on any atom is 0.416 e. The molecule has 1 saturated carbocycles. The van der Waals surface area contributed by atoms with Gasteiger partial charge in [-0.05, 0) is 49.4 Å². The van der Waals surface area contributed by atoms with Gasteiger partial charge in [-0.15, -0.1) is 0 Å². The Kier molecular flexibility index (Phi) is 4.36. The summed E-state index contributed by atoms with van der Waals surface area (Å²) in [6.45, 7) is 1.58. The van der Waals surface area contributed by atoms with Crippen LogP contribution in [0.4, 0.5) is 24.5 Å². The lowest BCUT2D eigenvalue weighted by molar-refractivity contribution is -0.137. The maximum atomic E-state index is 13.2. The number of carbonyl (C=O) groups is 1. The highest BCUT2D eigenvalue weighted by atomic mass is 19.4. The number of nitrogens with zero attached hydrogens (tertiary/aromatic N) is 1. The first-order chi connectivity index (χ1) is 12.9. The molecular weight excluding hydrogens is 353 g/mol. The molecule has 1 amide bonds. The summed E-state index contributed by atoms with van der Waals surface area (Å²) in [6.07, 6.45) is -1.02. The van der Waals surface area contributed by atoms with Crippen molar-refractivity contribution in [2.45, 2.75) is 37.3 Å². The Morgan fingerprint density at radius 3 is 2.26 bits per heavy atom. The van der Waals surface area contributed by atoms with Crippen molar-refractivity contribution in [3.8, 4) is 0 Å². The molecule has 3 nitrogen and oxygen atoms in total. The van der Waals surface area contributed by atoms with Gasteiger partial charge in [-0.2, -0.15) is 13.2 Å². The molecule has 6 heteroatoms. The van der Waals surface area contributed by atoms with Crippen molar-refractivity contribution in [1.29, 1.82) is 0 Å². The average Bonchev–Trinajstić information content (AvgIpc) is 3.29. The second kappa shape index (κ2) is 6.59. The van der Waals surface area contributed by atoms with E-state index < -0.39 is 17.2 Å². The Morgan fingerprint density at radius 1 is 1.00 bits per heavy atom. The minimum Gasteiger partial charge on any atom is -0.370 e. The summed E-state index contributed by atoms with van der Waals surface area (Å²) in [6, 6.07) is 13.1. The summed E-state index contributed by atoms with van der Waals surface area (Å²) in [5.41, 5.74) is 0.455. The van der Waals surface area contributed by atoms with E-state index in [4.69, 9.17) is 0 Å². The summed E-state index contributed by atoms with van der Waals surface area (Å²) in [7, 11) is 0. The van der Waals surface area contributed by atoms with Gasteiger partial charge in [0, 0.05) is 13.1 Å². The van der Waals surface area contributed by atoms with E-state index in [0.29, 0.717) is 18.5 Å². The van der Waals surface area contributed by atoms with Crippen molar-refractivity contribution in [3.05, 3.63) is 59.7 Å². The molecule has 0 radical (unpaired) electrons. The zero-order valence-electron chi connectivity index (χ0n) is 14.9. The fraction of sp³-hybridized carbons (Fsp3) is 0.381. The van der Waals surface area contributed by atoms with Crippen LogP contribution in [-0.4, -0.2) is 19.0 Å².